The molecule has 2 unspecified atom stereocenters. The highest BCUT2D eigenvalue weighted by molar-refractivity contribution is 5.26. The van der Waals surface area contributed by atoms with Crippen LogP contribution in [0.1, 0.15) is 39.2 Å². The molecule has 106 valence electrons. The van der Waals surface area contributed by atoms with Crippen molar-refractivity contribution in [2.24, 2.45) is 22.5 Å². The van der Waals surface area contributed by atoms with Gasteiger partial charge >= 0.3 is 0 Å². The number of halogens is 1. The number of rotatable bonds is 4. The van der Waals surface area contributed by atoms with E-state index >= 15 is 0 Å². The third kappa shape index (κ3) is 2.19. The first-order valence-electron chi connectivity index (χ1n) is 6.87. The van der Waals surface area contributed by atoms with Gasteiger partial charge in [-0.3, -0.25) is 0 Å². The lowest BCUT2D eigenvalue weighted by Gasteiger charge is -2.24. The summed E-state index contributed by atoms with van der Waals surface area (Å²) in [5, 5.41) is 10.7. The van der Waals surface area contributed by atoms with Gasteiger partial charge in [-0.15, -0.1) is 0 Å². The first kappa shape index (κ1) is 14.5. The van der Waals surface area contributed by atoms with Gasteiger partial charge in [0.05, 0.1) is 6.10 Å². The van der Waals surface area contributed by atoms with E-state index in [2.05, 4.69) is 27.7 Å². The van der Waals surface area contributed by atoms with Gasteiger partial charge in [-0.1, -0.05) is 39.8 Å². The molecule has 0 bridgehead atoms. The molecule has 0 spiro atoms. The zero-order valence-electron chi connectivity index (χ0n) is 12.2. The number of aliphatic hydroxyl groups excluding tert-OH is 1. The average Bonchev–Trinajstić information content (AvgIpc) is 2.70. The molecular formula is C16H24FNO. The minimum atomic E-state index is -0.531. The van der Waals surface area contributed by atoms with Gasteiger partial charge in [0.15, 0.2) is 0 Å². The number of hydrogen-bond acceptors (Lipinski definition) is 2. The third-order valence-corrected chi connectivity index (χ3v) is 5.42. The molecule has 0 amide bonds. The van der Waals surface area contributed by atoms with Gasteiger partial charge in [0.2, 0.25) is 0 Å². The van der Waals surface area contributed by atoms with E-state index < -0.39 is 6.10 Å². The summed E-state index contributed by atoms with van der Waals surface area (Å²) in [7, 11) is 0. The Kier molecular flexibility index (Phi) is 3.48. The van der Waals surface area contributed by atoms with Crippen LogP contribution in [0, 0.1) is 22.6 Å². The van der Waals surface area contributed by atoms with Crippen molar-refractivity contribution in [2.45, 2.75) is 39.7 Å². The summed E-state index contributed by atoms with van der Waals surface area (Å²) < 4.78 is 13.3. The Hall–Kier alpha value is -0.930. The minimum absolute atomic E-state index is 0.0904. The maximum atomic E-state index is 13.3. The van der Waals surface area contributed by atoms with Crippen molar-refractivity contribution in [2.75, 3.05) is 6.54 Å². The van der Waals surface area contributed by atoms with Gasteiger partial charge in [-0.25, -0.2) is 4.39 Å². The lowest BCUT2D eigenvalue weighted by Crippen LogP contribution is -2.29. The van der Waals surface area contributed by atoms with Crippen LogP contribution < -0.4 is 5.73 Å². The molecule has 0 heterocycles. The molecule has 0 aromatic heterocycles. The van der Waals surface area contributed by atoms with Crippen LogP contribution in [0.5, 0.6) is 0 Å². The lowest BCUT2D eigenvalue weighted by atomic mass is 9.88. The van der Waals surface area contributed by atoms with Crippen LogP contribution in [-0.2, 0) is 0 Å². The van der Waals surface area contributed by atoms with E-state index in [9.17, 15) is 9.50 Å². The first-order chi connectivity index (χ1) is 8.73. The second-order valence-corrected chi connectivity index (χ2v) is 6.81. The topological polar surface area (TPSA) is 46.2 Å². The fourth-order valence-corrected chi connectivity index (χ4v) is 3.54. The van der Waals surface area contributed by atoms with Crippen LogP contribution >= 0.6 is 0 Å². The normalized spacial score (nSPS) is 23.9. The minimum Gasteiger partial charge on any atom is -0.392 e. The summed E-state index contributed by atoms with van der Waals surface area (Å²) in [6, 6.07) is 6.40. The van der Waals surface area contributed by atoms with Crippen LogP contribution in [0.3, 0.4) is 0 Å². The van der Waals surface area contributed by atoms with E-state index in [1.54, 1.807) is 6.07 Å². The van der Waals surface area contributed by atoms with Crippen LogP contribution in [0.2, 0.25) is 0 Å². The monoisotopic (exact) mass is 265 g/mol. The second kappa shape index (κ2) is 4.57. The average molecular weight is 265 g/mol. The summed E-state index contributed by atoms with van der Waals surface area (Å²) >= 11 is 0. The Bertz CT molecular complexity index is 456. The zero-order chi connectivity index (χ0) is 14.4. The van der Waals surface area contributed by atoms with Crippen LogP contribution in [0.15, 0.2) is 24.3 Å². The summed E-state index contributed by atoms with van der Waals surface area (Å²) in [6.45, 7) is 8.99. The fourth-order valence-electron chi connectivity index (χ4n) is 3.54. The third-order valence-electron chi connectivity index (χ3n) is 5.42. The Labute approximate surface area is 114 Å². The van der Waals surface area contributed by atoms with E-state index in [4.69, 9.17) is 5.73 Å². The Balaban J connectivity index is 2.25. The molecule has 2 atom stereocenters. The first-order valence-corrected chi connectivity index (χ1v) is 6.87. The molecule has 1 fully saturated rings. The quantitative estimate of drug-likeness (QED) is 0.879. The van der Waals surface area contributed by atoms with Crippen molar-refractivity contribution >= 4 is 0 Å². The predicted octanol–water partition coefficient (Wildman–Crippen LogP) is 2.91. The van der Waals surface area contributed by atoms with E-state index in [0.717, 1.165) is 5.56 Å². The Morgan fingerprint density at radius 3 is 2.26 bits per heavy atom. The summed E-state index contributed by atoms with van der Waals surface area (Å²) in [6.07, 6.45) is -0.531. The number of hydrogen-bond donors (Lipinski definition) is 2. The molecule has 1 aromatic rings. The summed E-state index contributed by atoms with van der Waals surface area (Å²) in [5.74, 6) is -0.295. The molecule has 1 aliphatic carbocycles. The SMILES string of the molecule is CC1(C)C(C(O)C(CN)c2cccc(F)c2)C1(C)C. The molecule has 3 N–H and O–H groups in total. The summed E-state index contributed by atoms with van der Waals surface area (Å²) in [4.78, 5) is 0. The van der Waals surface area contributed by atoms with E-state index in [-0.39, 0.29) is 28.5 Å². The van der Waals surface area contributed by atoms with Gasteiger partial charge in [-0.2, -0.15) is 0 Å². The number of nitrogens with two attached hydrogens (primary N) is 1. The van der Waals surface area contributed by atoms with Gasteiger partial charge in [0, 0.05) is 12.5 Å². The molecule has 19 heavy (non-hydrogen) atoms. The fraction of sp³-hybridized carbons (Fsp3) is 0.625. The van der Waals surface area contributed by atoms with Gasteiger partial charge in [-0.05, 0) is 34.4 Å². The number of benzene rings is 1. The molecular weight excluding hydrogens is 241 g/mol. The molecule has 0 radical (unpaired) electrons. The smallest absolute Gasteiger partial charge is 0.123 e. The Morgan fingerprint density at radius 2 is 1.84 bits per heavy atom. The maximum absolute atomic E-state index is 13.3. The van der Waals surface area contributed by atoms with E-state index in [1.165, 1.54) is 12.1 Å². The van der Waals surface area contributed by atoms with Crippen molar-refractivity contribution < 1.29 is 9.50 Å². The van der Waals surface area contributed by atoms with Crippen LogP contribution in [0.25, 0.3) is 0 Å². The molecule has 3 heteroatoms. The molecule has 1 saturated carbocycles. The van der Waals surface area contributed by atoms with Crippen molar-refractivity contribution in [1.82, 2.24) is 0 Å². The van der Waals surface area contributed by atoms with Gasteiger partial charge in [0.25, 0.3) is 0 Å². The highest BCUT2D eigenvalue weighted by Crippen LogP contribution is 2.70. The predicted molar refractivity (Wildman–Crippen MR) is 75.3 cm³/mol. The number of aliphatic hydroxyl groups is 1. The largest absolute Gasteiger partial charge is 0.392 e. The molecule has 0 aliphatic heterocycles. The molecule has 2 nitrogen and oxygen atoms in total. The lowest BCUT2D eigenvalue weighted by molar-refractivity contribution is 0.102. The second-order valence-electron chi connectivity index (χ2n) is 6.81. The van der Waals surface area contributed by atoms with Crippen molar-refractivity contribution in [3.05, 3.63) is 35.6 Å². The van der Waals surface area contributed by atoms with E-state index in [0.29, 0.717) is 6.54 Å². The molecule has 2 rings (SSSR count). The van der Waals surface area contributed by atoms with Crippen LogP contribution in [0.4, 0.5) is 4.39 Å². The van der Waals surface area contributed by atoms with Crippen molar-refractivity contribution in [1.29, 1.82) is 0 Å². The molecule has 0 saturated heterocycles. The van der Waals surface area contributed by atoms with Gasteiger partial charge in [0.1, 0.15) is 5.82 Å². The Morgan fingerprint density at radius 1 is 1.26 bits per heavy atom. The van der Waals surface area contributed by atoms with Crippen molar-refractivity contribution in [3.63, 3.8) is 0 Å². The molecule has 1 aliphatic rings. The van der Waals surface area contributed by atoms with Crippen molar-refractivity contribution in [3.8, 4) is 0 Å². The highest BCUT2D eigenvalue weighted by Gasteiger charge is 2.67. The maximum Gasteiger partial charge on any atom is 0.123 e. The standard InChI is InChI=1S/C16H24FNO/c1-15(2)14(16(15,3)4)13(19)12(9-18)10-6-5-7-11(17)8-10/h5-8,12-14,19H,9,18H2,1-4H3. The highest BCUT2D eigenvalue weighted by atomic mass is 19.1. The molecule has 1 aromatic carbocycles. The summed E-state index contributed by atoms with van der Waals surface area (Å²) in [5.41, 5.74) is 6.78. The van der Waals surface area contributed by atoms with E-state index in [1.807, 2.05) is 6.07 Å². The van der Waals surface area contributed by atoms with Gasteiger partial charge < -0.3 is 10.8 Å². The zero-order valence-corrected chi connectivity index (χ0v) is 12.2. The van der Waals surface area contributed by atoms with Crippen LogP contribution in [-0.4, -0.2) is 17.8 Å².